The number of nitrogens with zero attached hydrogens (tertiary/aromatic N) is 4. The summed E-state index contributed by atoms with van der Waals surface area (Å²) in [6.07, 6.45) is -11.7. The van der Waals surface area contributed by atoms with Crippen molar-refractivity contribution in [2.24, 2.45) is 7.05 Å². The third-order valence-electron chi connectivity index (χ3n) is 6.24. The third-order valence-corrected chi connectivity index (χ3v) is 6.55. The minimum atomic E-state index is -7.24. The van der Waals surface area contributed by atoms with Gasteiger partial charge in [0.2, 0.25) is 5.88 Å². The topological polar surface area (TPSA) is 52.8 Å². The molecule has 0 saturated carbocycles. The number of pyridine rings is 1. The van der Waals surface area contributed by atoms with E-state index in [1.807, 2.05) is 0 Å². The lowest BCUT2D eigenvalue weighted by Gasteiger charge is -2.34. The summed E-state index contributed by atoms with van der Waals surface area (Å²) in [7, 11) is 1.14. The SMILES string of the molecule is Cn1nc(-c2c(F)cccc2Cl)nc1-c1ccc(COc2ccc(C(F)(F)F)cn2)c(C(F)(F)C(F)(F)C(F)(F)C(F)(F)F)c1. The van der Waals surface area contributed by atoms with E-state index in [-0.39, 0.29) is 22.8 Å². The molecule has 4 rings (SSSR count). The molecule has 0 aliphatic rings. The molecule has 0 aliphatic carbocycles. The van der Waals surface area contributed by atoms with Gasteiger partial charge >= 0.3 is 30.1 Å². The molecule has 0 amide bonds. The molecule has 4 aromatic rings. The fraction of sp³-hybridized carbons (Fsp3) is 0.269. The van der Waals surface area contributed by atoms with Crippen LogP contribution in [0.3, 0.4) is 0 Å². The fourth-order valence-electron chi connectivity index (χ4n) is 3.92. The fourth-order valence-corrected chi connectivity index (χ4v) is 4.16. The average Bonchev–Trinajstić information content (AvgIpc) is 3.31. The molecule has 0 bridgehead atoms. The van der Waals surface area contributed by atoms with Crippen molar-refractivity contribution in [3.05, 3.63) is 82.3 Å². The summed E-state index contributed by atoms with van der Waals surface area (Å²) in [5.41, 5.74) is -5.37. The van der Waals surface area contributed by atoms with Crippen molar-refractivity contribution < 1.29 is 61.8 Å². The number of hydrogen-bond donors (Lipinski definition) is 0. The number of rotatable bonds is 8. The largest absolute Gasteiger partial charge is 0.473 e. The van der Waals surface area contributed by atoms with Gasteiger partial charge in [0.1, 0.15) is 12.4 Å². The van der Waals surface area contributed by atoms with E-state index >= 15 is 8.78 Å². The van der Waals surface area contributed by atoms with Crippen LogP contribution in [0.25, 0.3) is 22.8 Å². The van der Waals surface area contributed by atoms with Crippen LogP contribution in [0.2, 0.25) is 5.02 Å². The van der Waals surface area contributed by atoms with Gasteiger partial charge in [-0.05, 0) is 29.8 Å². The highest BCUT2D eigenvalue weighted by Gasteiger charge is 2.82. The predicted octanol–water partition coefficient (Wildman–Crippen LogP) is 8.86. The van der Waals surface area contributed by atoms with Crippen LogP contribution >= 0.6 is 11.6 Å². The van der Waals surface area contributed by atoms with Crippen molar-refractivity contribution >= 4 is 11.6 Å². The first kappa shape index (κ1) is 33.8. The highest BCUT2D eigenvalue weighted by molar-refractivity contribution is 6.33. The molecule has 0 atom stereocenters. The standard InChI is InChI=1S/C26H14ClF13N4O/c1-44-21(42-20(43-44)19-16(27)3-2-4-17(19)28)12-5-6-13(11-45-18-8-7-14(10-41-18)23(31,32)33)15(9-12)22(29,30)24(34,35)25(36,37)26(38,39)40/h2-10H,11H2,1H3. The predicted molar refractivity (Wildman–Crippen MR) is 130 cm³/mol. The van der Waals surface area contributed by atoms with Crippen molar-refractivity contribution in [1.82, 2.24) is 19.7 Å². The van der Waals surface area contributed by atoms with Crippen LogP contribution in [0.15, 0.2) is 54.7 Å². The van der Waals surface area contributed by atoms with Gasteiger partial charge in [0.05, 0.1) is 16.1 Å². The van der Waals surface area contributed by atoms with Gasteiger partial charge in [0.25, 0.3) is 0 Å². The van der Waals surface area contributed by atoms with E-state index in [0.29, 0.717) is 18.2 Å². The summed E-state index contributed by atoms with van der Waals surface area (Å²) in [6.45, 7) is -1.26. The summed E-state index contributed by atoms with van der Waals surface area (Å²) in [5, 5.41) is 3.68. The van der Waals surface area contributed by atoms with Crippen LogP contribution < -0.4 is 4.74 Å². The summed E-state index contributed by atoms with van der Waals surface area (Å²) >= 11 is 5.97. The molecular formula is C26H14ClF13N4O. The number of alkyl halides is 12. The Morgan fingerprint density at radius 1 is 0.844 bits per heavy atom. The van der Waals surface area contributed by atoms with Gasteiger partial charge in [-0.3, -0.25) is 0 Å². The van der Waals surface area contributed by atoms with Gasteiger partial charge in [-0.25, -0.2) is 19.0 Å². The van der Waals surface area contributed by atoms with Crippen molar-refractivity contribution in [3.63, 3.8) is 0 Å². The van der Waals surface area contributed by atoms with Gasteiger partial charge < -0.3 is 4.74 Å². The minimum absolute atomic E-state index is 0.121. The number of aryl methyl sites for hydroxylation is 1. The maximum Gasteiger partial charge on any atom is 0.460 e. The molecule has 5 nitrogen and oxygen atoms in total. The second-order valence-corrected chi connectivity index (χ2v) is 9.65. The third kappa shape index (κ3) is 6.11. The molecule has 0 N–H and O–H groups in total. The summed E-state index contributed by atoms with van der Waals surface area (Å²) in [4.78, 5) is 7.22. The van der Waals surface area contributed by atoms with E-state index in [0.717, 1.165) is 23.9 Å². The average molecular weight is 681 g/mol. The first-order valence-corrected chi connectivity index (χ1v) is 12.3. The maximum atomic E-state index is 15.3. The summed E-state index contributed by atoms with van der Waals surface area (Å²) in [6, 6.07) is 6.15. The second-order valence-electron chi connectivity index (χ2n) is 9.24. The van der Waals surface area contributed by atoms with E-state index in [2.05, 4.69) is 15.1 Å². The molecule has 2 heterocycles. The molecule has 45 heavy (non-hydrogen) atoms. The summed E-state index contributed by atoms with van der Waals surface area (Å²) < 4.78 is 184. The van der Waals surface area contributed by atoms with Crippen molar-refractivity contribution in [1.29, 1.82) is 0 Å². The van der Waals surface area contributed by atoms with E-state index in [4.69, 9.17) is 16.3 Å². The lowest BCUT2D eigenvalue weighted by molar-refractivity contribution is -0.399. The highest BCUT2D eigenvalue weighted by atomic mass is 35.5. The van der Waals surface area contributed by atoms with E-state index in [9.17, 15) is 48.3 Å². The van der Waals surface area contributed by atoms with Crippen LogP contribution in [0.5, 0.6) is 5.88 Å². The quantitative estimate of drug-likeness (QED) is 0.175. The molecule has 0 aliphatic heterocycles. The van der Waals surface area contributed by atoms with E-state index in [1.165, 1.54) is 12.1 Å². The summed E-state index contributed by atoms with van der Waals surface area (Å²) in [5.74, 6) is -23.1. The lowest BCUT2D eigenvalue weighted by atomic mass is 9.91. The number of benzene rings is 2. The molecule has 0 fully saturated rings. The monoisotopic (exact) mass is 680 g/mol. The van der Waals surface area contributed by atoms with Gasteiger partial charge in [-0.2, -0.15) is 57.8 Å². The molecule has 0 spiro atoms. The number of halogens is 14. The Morgan fingerprint density at radius 2 is 1.51 bits per heavy atom. The van der Waals surface area contributed by atoms with E-state index in [1.54, 1.807) is 0 Å². The molecule has 19 heteroatoms. The zero-order valence-electron chi connectivity index (χ0n) is 21.9. The second kappa shape index (κ2) is 11.4. The van der Waals surface area contributed by atoms with Crippen LogP contribution in [0.1, 0.15) is 16.7 Å². The van der Waals surface area contributed by atoms with Crippen LogP contribution in [0.4, 0.5) is 57.1 Å². The smallest absolute Gasteiger partial charge is 0.460 e. The Kier molecular flexibility index (Phi) is 8.54. The van der Waals surface area contributed by atoms with Gasteiger partial charge in [-0.1, -0.05) is 29.8 Å². The Morgan fingerprint density at radius 3 is 2.07 bits per heavy atom. The Labute approximate surface area is 248 Å². The van der Waals surface area contributed by atoms with E-state index < -0.39 is 82.3 Å². The number of ether oxygens (including phenoxy) is 1. The Balaban J connectivity index is 1.83. The van der Waals surface area contributed by atoms with Gasteiger partial charge in [0, 0.05) is 30.4 Å². The zero-order valence-corrected chi connectivity index (χ0v) is 22.6. The Bertz CT molecular complexity index is 1680. The normalized spacial score (nSPS) is 13.3. The lowest BCUT2D eigenvalue weighted by Crippen LogP contribution is -2.59. The minimum Gasteiger partial charge on any atom is -0.473 e. The maximum absolute atomic E-state index is 15.3. The highest BCUT2D eigenvalue weighted by Crippen LogP contribution is 2.57. The number of hydrogen-bond acceptors (Lipinski definition) is 4. The number of aromatic nitrogens is 4. The van der Waals surface area contributed by atoms with Crippen molar-refractivity contribution in [3.8, 4) is 28.7 Å². The molecule has 2 aromatic heterocycles. The van der Waals surface area contributed by atoms with Crippen LogP contribution in [-0.4, -0.2) is 37.8 Å². The van der Waals surface area contributed by atoms with Gasteiger partial charge in [-0.15, -0.1) is 0 Å². The van der Waals surface area contributed by atoms with Crippen LogP contribution in [-0.2, 0) is 25.8 Å². The molecule has 0 radical (unpaired) electrons. The van der Waals surface area contributed by atoms with Crippen molar-refractivity contribution in [2.75, 3.05) is 0 Å². The molecular weight excluding hydrogens is 667 g/mol. The van der Waals surface area contributed by atoms with Crippen molar-refractivity contribution in [2.45, 2.75) is 36.7 Å². The zero-order chi connectivity index (χ0) is 33.8. The first-order chi connectivity index (χ1) is 20.6. The Hall–Kier alpha value is -4.09. The molecule has 0 unspecified atom stereocenters. The van der Waals surface area contributed by atoms with Crippen LogP contribution in [0, 0.1) is 5.82 Å². The first-order valence-electron chi connectivity index (χ1n) is 11.9. The molecule has 242 valence electrons. The molecule has 2 aromatic carbocycles. The van der Waals surface area contributed by atoms with Gasteiger partial charge in [0.15, 0.2) is 11.6 Å². The molecule has 0 saturated heterocycles.